The van der Waals surface area contributed by atoms with E-state index in [1.165, 1.54) is 0 Å². The first-order valence-electron chi connectivity index (χ1n) is 12.8. The van der Waals surface area contributed by atoms with Crippen LogP contribution < -0.4 is 5.73 Å². The highest BCUT2D eigenvalue weighted by molar-refractivity contribution is 6.05. The Balaban J connectivity index is 1.99. The number of aliphatic imine (C=N–C) groups is 1. The minimum absolute atomic E-state index is 0.0244. The molecular weight excluding hydrogens is 450 g/mol. The Labute approximate surface area is 215 Å². The number of aldehydes is 1. The first kappa shape index (κ1) is 27.0. The molecule has 1 aromatic heterocycles. The number of rotatable bonds is 11. The van der Waals surface area contributed by atoms with Crippen molar-refractivity contribution < 1.29 is 9.59 Å². The third-order valence-electron chi connectivity index (χ3n) is 6.34. The van der Waals surface area contributed by atoms with Gasteiger partial charge >= 0.3 is 0 Å². The lowest BCUT2D eigenvalue weighted by molar-refractivity contribution is -0.127. The summed E-state index contributed by atoms with van der Waals surface area (Å²) in [7, 11) is 3.98. The number of carbonyl (C=O) groups is 2. The first-order valence-corrected chi connectivity index (χ1v) is 12.8. The van der Waals surface area contributed by atoms with Gasteiger partial charge in [-0.25, -0.2) is 4.99 Å². The van der Waals surface area contributed by atoms with Crippen molar-refractivity contribution in [3.8, 4) is 11.3 Å². The fourth-order valence-electron chi connectivity index (χ4n) is 4.59. The molecule has 2 heterocycles. The highest BCUT2D eigenvalue weighted by Crippen LogP contribution is 2.33. The van der Waals surface area contributed by atoms with Crippen molar-refractivity contribution in [1.29, 1.82) is 0 Å². The molecule has 1 aliphatic rings. The molecule has 0 bridgehead atoms. The number of benzene rings is 1. The third-order valence-corrected chi connectivity index (χ3v) is 6.34. The van der Waals surface area contributed by atoms with Gasteiger partial charge in [0.25, 0.3) is 0 Å². The smallest absolute Gasteiger partial charge is 0.250 e. The lowest BCUT2D eigenvalue weighted by Crippen LogP contribution is -2.34. The number of nitrogens with two attached hydrogens (primary N) is 1. The van der Waals surface area contributed by atoms with Crippen LogP contribution in [-0.4, -0.2) is 59.1 Å². The highest BCUT2D eigenvalue weighted by atomic mass is 16.2. The maximum Gasteiger partial charge on any atom is 0.250 e. The highest BCUT2D eigenvalue weighted by Gasteiger charge is 2.21. The lowest BCUT2D eigenvalue weighted by atomic mass is 10.0. The number of hydrogen-bond donors (Lipinski definition) is 1. The van der Waals surface area contributed by atoms with Gasteiger partial charge in [-0.1, -0.05) is 32.9 Å². The van der Waals surface area contributed by atoms with Crippen LogP contribution in [0, 0.1) is 0 Å². The summed E-state index contributed by atoms with van der Waals surface area (Å²) in [4.78, 5) is 33.7. The Hall–Kier alpha value is -3.61. The van der Waals surface area contributed by atoms with Crippen molar-refractivity contribution in [3.63, 3.8) is 0 Å². The number of amidine groups is 1. The zero-order valence-corrected chi connectivity index (χ0v) is 22.3. The molecule has 2 aromatic rings. The minimum Gasteiger partial charge on any atom is -0.387 e. The standard InChI is InChI=1S/C29H39N5O2/c1-6-12-32(4)15-11-26-24(20-35)18-27(33(26)5)22-10-9-21-16-23(19-28(30)31-25(21)17-22)29(36)34(13-7-2)14-8-3/h9-11,15-18,20H,6-8,12-14,19H2,1-5H3,(H2,30,31)/b15-11-. The summed E-state index contributed by atoms with van der Waals surface area (Å²) in [5.74, 6) is 0.442. The molecule has 0 atom stereocenters. The van der Waals surface area contributed by atoms with Crippen molar-refractivity contribution in [1.82, 2.24) is 14.4 Å². The Kier molecular flexibility index (Phi) is 9.28. The number of aromatic nitrogens is 1. The average Bonchev–Trinajstić information content (AvgIpc) is 3.07. The molecule has 1 aromatic carbocycles. The molecular formula is C29H39N5O2. The molecule has 7 heteroatoms. The number of fused-ring (bicyclic) bond motifs is 1. The largest absolute Gasteiger partial charge is 0.387 e. The fraction of sp³-hybridized carbons (Fsp3) is 0.414. The predicted molar refractivity (Wildman–Crippen MR) is 149 cm³/mol. The van der Waals surface area contributed by atoms with Gasteiger partial charge in [-0.3, -0.25) is 9.59 Å². The van der Waals surface area contributed by atoms with E-state index in [0.29, 0.717) is 23.4 Å². The van der Waals surface area contributed by atoms with Crippen LogP contribution >= 0.6 is 0 Å². The SMILES string of the molecule is CCCN(C)/C=C\c1c(C=O)cc(-c2ccc3c(c2)N=C(N)CC(C(=O)N(CCC)CCC)=C3)n1C. The van der Waals surface area contributed by atoms with E-state index in [1.807, 2.05) is 66.2 Å². The van der Waals surface area contributed by atoms with Crippen molar-refractivity contribution in [2.24, 2.45) is 17.8 Å². The predicted octanol–water partition coefficient (Wildman–Crippen LogP) is 5.24. The number of hydrogen-bond acceptors (Lipinski definition) is 5. The third kappa shape index (κ3) is 6.14. The van der Waals surface area contributed by atoms with Gasteiger partial charge < -0.3 is 20.1 Å². The van der Waals surface area contributed by atoms with Gasteiger partial charge in [-0.2, -0.15) is 0 Å². The molecule has 2 N–H and O–H groups in total. The second-order valence-electron chi connectivity index (χ2n) is 9.36. The van der Waals surface area contributed by atoms with Crippen molar-refractivity contribution >= 4 is 35.9 Å². The number of nitrogens with zero attached hydrogens (tertiary/aromatic N) is 4. The van der Waals surface area contributed by atoms with E-state index in [2.05, 4.69) is 30.7 Å². The zero-order valence-electron chi connectivity index (χ0n) is 22.3. The topological polar surface area (TPSA) is 83.9 Å². The Morgan fingerprint density at radius 2 is 1.81 bits per heavy atom. The summed E-state index contributed by atoms with van der Waals surface area (Å²) in [5.41, 5.74) is 11.8. The molecule has 3 rings (SSSR count). The average molecular weight is 490 g/mol. The molecule has 1 aliphatic heterocycles. The van der Waals surface area contributed by atoms with Crippen LogP contribution in [0.3, 0.4) is 0 Å². The van der Waals surface area contributed by atoms with Crippen LogP contribution in [0.5, 0.6) is 0 Å². The molecule has 192 valence electrons. The lowest BCUT2D eigenvalue weighted by Gasteiger charge is -2.22. The summed E-state index contributed by atoms with van der Waals surface area (Å²) in [6.07, 6.45) is 9.98. The second-order valence-corrected chi connectivity index (χ2v) is 9.36. The van der Waals surface area contributed by atoms with E-state index >= 15 is 0 Å². The van der Waals surface area contributed by atoms with E-state index in [9.17, 15) is 9.59 Å². The first-order chi connectivity index (χ1) is 17.3. The molecule has 0 saturated heterocycles. The normalized spacial score (nSPS) is 13.1. The van der Waals surface area contributed by atoms with E-state index < -0.39 is 0 Å². The maximum atomic E-state index is 13.2. The van der Waals surface area contributed by atoms with Crippen LogP contribution in [0.15, 0.2) is 41.0 Å². The van der Waals surface area contributed by atoms with Gasteiger partial charge in [0.2, 0.25) is 5.91 Å². The molecule has 0 aliphatic carbocycles. The van der Waals surface area contributed by atoms with Gasteiger partial charge in [0.1, 0.15) is 5.84 Å². The summed E-state index contributed by atoms with van der Waals surface area (Å²) in [6, 6.07) is 7.85. The molecule has 0 fully saturated rings. The van der Waals surface area contributed by atoms with E-state index in [4.69, 9.17) is 5.73 Å². The van der Waals surface area contributed by atoms with Gasteiger partial charge in [-0.05, 0) is 43.5 Å². The molecule has 0 unspecified atom stereocenters. The van der Waals surface area contributed by atoms with Crippen LogP contribution in [0.4, 0.5) is 5.69 Å². The molecule has 0 spiro atoms. The Bertz CT molecular complexity index is 1180. The monoisotopic (exact) mass is 489 g/mol. The van der Waals surface area contributed by atoms with E-state index in [0.717, 1.165) is 73.4 Å². The molecule has 1 amide bonds. The zero-order chi connectivity index (χ0) is 26.2. The summed E-state index contributed by atoms with van der Waals surface area (Å²) in [5, 5.41) is 0. The molecule has 0 radical (unpaired) electrons. The molecule has 36 heavy (non-hydrogen) atoms. The Morgan fingerprint density at radius 3 is 2.44 bits per heavy atom. The van der Waals surface area contributed by atoms with Crippen molar-refractivity contribution in [2.75, 3.05) is 26.7 Å². The van der Waals surface area contributed by atoms with Crippen LogP contribution in [0.2, 0.25) is 0 Å². The maximum absolute atomic E-state index is 13.2. The summed E-state index contributed by atoms with van der Waals surface area (Å²) >= 11 is 0. The molecule has 7 nitrogen and oxygen atoms in total. The number of carbonyl (C=O) groups excluding carboxylic acids is 2. The molecule has 0 saturated carbocycles. The summed E-state index contributed by atoms with van der Waals surface area (Å²) < 4.78 is 2.02. The van der Waals surface area contributed by atoms with Gasteiger partial charge in [0.15, 0.2) is 6.29 Å². The van der Waals surface area contributed by atoms with Gasteiger partial charge in [-0.15, -0.1) is 0 Å². The van der Waals surface area contributed by atoms with Crippen LogP contribution in [0.1, 0.15) is 68.1 Å². The Morgan fingerprint density at radius 1 is 1.11 bits per heavy atom. The van der Waals surface area contributed by atoms with E-state index in [1.54, 1.807) is 0 Å². The van der Waals surface area contributed by atoms with Crippen molar-refractivity contribution in [2.45, 2.75) is 46.5 Å². The van der Waals surface area contributed by atoms with Crippen LogP contribution in [0.25, 0.3) is 23.4 Å². The quantitative estimate of drug-likeness (QED) is 0.438. The summed E-state index contributed by atoms with van der Waals surface area (Å²) in [6.45, 7) is 8.69. The van der Waals surface area contributed by atoms with Gasteiger partial charge in [0.05, 0.1) is 11.4 Å². The van der Waals surface area contributed by atoms with Crippen LogP contribution in [-0.2, 0) is 11.8 Å². The van der Waals surface area contributed by atoms with Gasteiger partial charge in [0, 0.05) is 74.3 Å². The van der Waals surface area contributed by atoms with Crippen molar-refractivity contribution in [3.05, 3.63) is 52.9 Å². The number of amides is 1. The minimum atomic E-state index is 0.0244. The fourth-order valence-corrected chi connectivity index (χ4v) is 4.59. The second kappa shape index (κ2) is 12.4. The van der Waals surface area contributed by atoms with E-state index in [-0.39, 0.29) is 5.91 Å².